The minimum atomic E-state index is -0.699. The van der Waals surface area contributed by atoms with Crippen molar-refractivity contribution in [1.82, 2.24) is 4.90 Å². The van der Waals surface area contributed by atoms with E-state index in [9.17, 15) is 4.79 Å². The maximum absolute atomic E-state index is 10.5. The van der Waals surface area contributed by atoms with Crippen molar-refractivity contribution >= 4 is 5.91 Å². The molecular weight excluding hydrogens is 106 g/mol. The summed E-state index contributed by atoms with van der Waals surface area (Å²) in [5.74, 6) is -0.132. The van der Waals surface area contributed by atoms with E-state index < -0.39 is 6.10 Å². The number of amides is 1. The van der Waals surface area contributed by atoms with E-state index in [2.05, 4.69) is 0 Å². The summed E-state index contributed by atoms with van der Waals surface area (Å²) in [6.07, 6.45) is -0.699. The Hall–Kier alpha value is -0.570. The van der Waals surface area contributed by atoms with Crippen LogP contribution in [0.4, 0.5) is 0 Å². The molecule has 1 atom stereocenters. The van der Waals surface area contributed by atoms with Gasteiger partial charge in [-0.3, -0.25) is 4.79 Å². The van der Waals surface area contributed by atoms with E-state index in [1.165, 1.54) is 0 Å². The first-order valence-corrected chi connectivity index (χ1v) is 2.72. The molecule has 1 unspecified atom stereocenters. The highest BCUT2D eigenvalue weighted by molar-refractivity contribution is 5.86. The smallest absolute Gasteiger partial charge is 0.253 e. The molecule has 3 heteroatoms. The summed E-state index contributed by atoms with van der Waals surface area (Å²) >= 11 is 0. The van der Waals surface area contributed by atoms with Crippen LogP contribution < -0.4 is 0 Å². The second-order valence-corrected chi connectivity index (χ2v) is 1.89. The summed E-state index contributed by atoms with van der Waals surface area (Å²) in [7, 11) is 0. The molecule has 0 aromatic carbocycles. The highest BCUT2D eigenvalue weighted by Crippen LogP contribution is 2.07. The number of hydrogen-bond acceptors (Lipinski definition) is 2. The first-order chi connectivity index (χ1) is 3.75. The molecule has 3 nitrogen and oxygen atoms in total. The predicted molar refractivity (Wildman–Crippen MR) is 28.3 cm³/mol. The van der Waals surface area contributed by atoms with Crippen LogP contribution in [0.25, 0.3) is 0 Å². The zero-order valence-corrected chi connectivity index (χ0v) is 4.79. The highest BCUT2D eigenvalue weighted by atomic mass is 16.3. The molecule has 1 saturated heterocycles. The molecule has 0 aliphatic carbocycles. The van der Waals surface area contributed by atoms with Crippen LogP contribution in [0.3, 0.4) is 0 Å². The molecule has 1 aliphatic rings. The second kappa shape index (κ2) is 1.74. The van der Waals surface area contributed by atoms with Gasteiger partial charge in [0.25, 0.3) is 5.91 Å². The number of likely N-dealkylation sites (tertiary alicyclic amines) is 1. The Labute approximate surface area is 47.9 Å². The quantitative estimate of drug-likeness (QED) is 0.455. The number of rotatable bonds is 1. The number of carbonyl (C=O) groups is 1. The van der Waals surface area contributed by atoms with Crippen LogP contribution in [0, 0.1) is 0 Å². The van der Waals surface area contributed by atoms with Crippen molar-refractivity contribution in [3.63, 3.8) is 0 Å². The van der Waals surface area contributed by atoms with Crippen LogP contribution in [-0.2, 0) is 4.79 Å². The third-order valence-corrected chi connectivity index (χ3v) is 1.37. The molecule has 8 heavy (non-hydrogen) atoms. The number of nitrogens with zero attached hydrogens (tertiary/aromatic N) is 1. The molecule has 0 aromatic rings. The molecule has 0 radical (unpaired) electrons. The number of aliphatic hydroxyl groups excluding tert-OH is 1. The zero-order valence-electron chi connectivity index (χ0n) is 4.79. The molecule has 0 aromatic heterocycles. The van der Waals surface area contributed by atoms with E-state index in [1.807, 2.05) is 6.92 Å². The van der Waals surface area contributed by atoms with E-state index in [0.717, 1.165) is 6.54 Å². The van der Waals surface area contributed by atoms with E-state index in [-0.39, 0.29) is 5.91 Å². The fourth-order valence-electron chi connectivity index (χ4n) is 0.760. The third-order valence-electron chi connectivity index (χ3n) is 1.37. The Morgan fingerprint density at radius 1 is 2.00 bits per heavy atom. The van der Waals surface area contributed by atoms with Gasteiger partial charge in [0.05, 0.1) is 6.54 Å². The average Bonchev–Trinajstić information content (AvgIpc) is 1.81. The zero-order chi connectivity index (χ0) is 6.15. The number of β-lactam (4-membered cyclic amide) rings is 1. The summed E-state index contributed by atoms with van der Waals surface area (Å²) in [6.45, 7) is 3.13. The number of aliphatic hydroxyl groups is 1. The minimum Gasteiger partial charge on any atom is -0.381 e. The predicted octanol–water partition coefficient (Wildman–Crippen LogP) is -0.791. The average molecular weight is 115 g/mol. The Bertz CT molecular complexity index is 113. The summed E-state index contributed by atoms with van der Waals surface area (Å²) in [6, 6.07) is 0. The van der Waals surface area contributed by atoms with Gasteiger partial charge in [0.2, 0.25) is 0 Å². The number of carbonyl (C=O) groups excluding carboxylic acids is 1. The largest absolute Gasteiger partial charge is 0.381 e. The minimum absolute atomic E-state index is 0.132. The van der Waals surface area contributed by atoms with Gasteiger partial charge in [-0.25, -0.2) is 0 Å². The molecule has 1 aliphatic heterocycles. The van der Waals surface area contributed by atoms with Gasteiger partial charge in [0.1, 0.15) is 6.10 Å². The summed E-state index contributed by atoms with van der Waals surface area (Å²) in [5.41, 5.74) is 0. The topological polar surface area (TPSA) is 40.5 Å². The van der Waals surface area contributed by atoms with Crippen LogP contribution in [-0.4, -0.2) is 35.1 Å². The molecule has 0 bridgehead atoms. The van der Waals surface area contributed by atoms with Gasteiger partial charge in [-0.1, -0.05) is 0 Å². The Balaban J connectivity index is 2.36. The molecule has 1 rings (SSSR count). The van der Waals surface area contributed by atoms with Gasteiger partial charge in [0.15, 0.2) is 0 Å². The van der Waals surface area contributed by atoms with Gasteiger partial charge in [-0.2, -0.15) is 0 Å². The third kappa shape index (κ3) is 0.591. The Kier molecular flexibility index (Phi) is 1.21. The van der Waals surface area contributed by atoms with Crippen LogP contribution in [0.1, 0.15) is 6.92 Å². The molecule has 1 N–H and O–H groups in total. The van der Waals surface area contributed by atoms with Crippen molar-refractivity contribution in [1.29, 1.82) is 0 Å². The van der Waals surface area contributed by atoms with Crippen molar-refractivity contribution in [3.05, 3.63) is 0 Å². The van der Waals surface area contributed by atoms with Crippen molar-refractivity contribution in [2.24, 2.45) is 0 Å². The van der Waals surface area contributed by atoms with Crippen molar-refractivity contribution in [2.75, 3.05) is 13.1 Å². The van der Waals surface area contributed by atoms with Crippen LogP contribution in [0.5, 0.6) is 0 Å². The van der Waals surface area contributed by atoms with Gasteiger partial charge in [-0.05, 0) is 6.92 Å². The van der Waals surface area contributed by atoms with Crippen molar-refractivity contribution in [2.45, 2.75) is 13.0 Å². The fraction of sp³-hybridized carbons (Fsp3) is 0.800. The molecule has 0 spiro atoms. The molecular formula is C5H9NO2. The molecule has 1 heterocycles. The number of likely N-dealkylation sites (N-methyl/N-ethyl adjacent to an activating group) is 1. The summed E-state index contributed by atoms with van der Waals surface area (Å²) in [4.78, 5) is 12.1. The first-order valence-electron chi connectivity index (χ1n) is 2.72. The number of hydrogen-bond donors (Lipinski definition) is 1. The molecule has 1 amide bonds. The lowest BCUT2D eigenvalue weighted by Crippen LogP contribution is -2.55. The summed E-state index contributed by atoms with van der Waals surface area (Å²) < 4.78 is 0. The Morgan fingerprint density at radius 2 is 2.62 bits per heavy atom. The van der Waals surface area contributed by atoms with E-state index in [4.69, 9.17) is 5.11 Å². The van der Waals surface area contributed by atoms with Crippen LogP contribution >= 0.6 is 0 Å². The van der Waals surface area contributed by atoms with Crippen molar-refractivity contribution in [3.8, 4) is 0 Å². The van der Waals surface area contributed by atoms with E-state index >= 15 is 0 Å². The standard InChI is InChI=1S/C5H9NO2/c1-2-6-3-4(7)5(6)8/h4,7H,2-3H2,1H3. The van der Waals surface area contributed by atoms with Gasteiger partial charge >= 0.3 is 0 Å². The van der Waals surface area contributed by atoms with Gasteiger partial charge in [-0.15, -0.1) is 0 Å². The Morgan fingerprint density at radius 3 is 2.75 bits per heavy atom. The van der Waals surface area contributed by atoms with E-state index in [1.54, 1.807) is 4.90 Å². The maximum atomic E-state index is 10.5. The SMILES string of the molecule is CCN1CC(O)C1=O. The lowest BCUT2D eigenvalue weighted by Gasteiger charge is -2.33. The second-order valence-electron chi connectivity index (χ2n) is 1.89. The van der Waals surface area contributed by atoms with Gasteiger partial charge < -0.3 is 10.0 Å². The highest BCUT2D eigenvalue weighted by Gasteiger charge is 2.32. The van der Waals surface area contributed by atoms with Crippen LogP contribution in [0.2, 0.25) is 0 Å². The number of β-amino-alcohol motifs (C(OH)–C–C–N with tert-alkyl or cyclic N) is 1. The van der Waals surface area contributed by atoms with E-state index in [0.29, 0.717) is 6.54 Å². The maximum Gasteiger partial charge on any atom is 0.253 e. The lowest BCUT2D eigenvalue weighted by molar-refractivity contribution is -0.155. The van der Waals surface area contributed by atoms with Crippen molar-refractivity contribution < 1.29 is 9.90 Å². The lowest BCUT2D eigenvalue weighted by atomic mass is 10.1. The normalized spacial score (nSPS) is 28.0. The van der Waals surface area contributed by atoms with Gasteiger partial charge in [0, 0.05) is 6.54 Å². The first kappa shape index (κ1) is 5.56. The molecule has 46 valence electrons. The van der Waals surface area contributed by atoms with Crippen LogP contribution in [0.15, 0.2) is 0 Å². The molecule has 0 saturated carbocycles. The fourth-order valence-corrected chi connectivity index (χ4v) is 0.760. The molecule has 1 fully saturated rings. The summed E-state index contributed by atoms with van der Waals surface area (Å²) in [5, 5.41) is 8.63. The monoisotopic (exact) mass is 115 g/mol.